The molecular weight excluding hydrogens is 192 g/mol. The van der Waals surface area contributed by atoms with Crippen molar-refractivity contribution in [2.24, 2.45) is 5.41 Å². The van der Waals surface area contributed by atoms with Crippen LogP contribution in [0.2, 0.25) is 0 Å². The van der Waals surface area contributed by atoms with Crippen LogP contribution in [0.4, 0.5) is 0 Å². The quantitative estimate of drug-likeness (QED) is 0.596. The first-order valence-electron chi connectivity index (χ1n) is 6.57. The molecule has 1 fully saturated rings. The molecule has 2 aliphatic carbocycles. The number of hydrogen-bond acceptors (Lipinski definition) is 0. The third-order valence-electron chi connectivity index (χ3n) is 4.10. The smallest absolute Gasteiger partial charge is 0.0104 e. The molecule has 0 N–H and O–H groups in total. The van der Waals surface area contributed by atoms with E-state index in [1.807, 2.05) is 0 Å². The molecule has 0 aromatic carbocycles. The first kappa shape index (κ1) is 11.7. The lowest BCUT2D eigenvalue weighted by atomic mass is 9.72. The van der Waals surface area contributed by atoms with Crippen LogP contribution in [-0.4, -0.2) is 0 Å². The Morgan fingerprint density at radius 3 is 2.44 bits per heavy atom. The highest BCUT2D eigenvalue weighted by molar-refractivity contribution is 5.39. The van der Waals surface area contributed by atoms with Crippen molar-refractivity contribution >= 4 is 0 Å². The molecule has 0 aromatic rings. The van der Waals surface area contributed by atoms with Gasteiger partial charge in [-0.15, -0.1) is 0 Å². The van der Waals surface area contributed by atoms with Crippen LogP contribution in [0.3, 0.4) is 0 Å². The SMILES string of the molecule is CC(/C=C/C1=C(C)CCCC1(C)C)=C1CC1. The van der Waals surface area contributed by atoms with Gasteiger partial charge >= 0.3 is 0 Å². The van der Waals surface area contributed by atoms with Gasteiger partial charge in [-0.3, -0.25) is 0 Å². The summed E-state index contributed by atoms with van der Waals surface area (Å²) in [6, 6.07) is 0. The Morgan fingerprint density at radius 2 is 1.88 bits per heavy atom. The molecular formula is C16H24. The molecule has 88 valence electrons. The van der Waals surface area contributed by atoms with Gasteiger partial charge in [-0.2, -0.15) is 0 Å². The second-order valence-electron chi connectivity index (χ2n) is 6.05. The summed E-state index contributed by atoms with van der Waals surface area (Å²) in [5, 5.41) is 0. The van der Waals surface area contributed by atoms with Gasteiger partial charge in [-0.25, -0.2) is 0 Å². The molecule has 0 aliphatic heterocycles. The second-order valence-corrected chi connectivity index (χ2v) is 6.05. The largest absolute Gasteiger partial charge is 0.0696 e. The maximum atomic E-state index is 2.38. The predicted octanol–water partition coefficient (Wildman–Crippen LogP) is 5.18. The Hall–Kier alpha value is -0.780. The van der Waals surface area contributed by atoms with E-state index in [0.29, 0.717) is 5.41 Å². The summed E-state index contributed by atoms with van der Waals surface area (Å²) in [6.07, 6.45) is 11.4. The summed E-state index contributed by atoms with van der Waals surface area (Å²) in [5.74, 6) is 0. The van der Waals surface area contributed by atoms with Crippen LogP contribution < -0.4 is 0 Å². The highest BCUT2D eigenvalue weighted by atomic mass is 14.3. The Balaban J connectivity index is 2.21. The minimum absolute atomic E-state index is 0.382. The summed E-state index contributed by atoms with van der Waals surface area (Å²) >= 11 is 0. The van der Waals surface area contributed by atoms with Crippen LogP contribution in [0.1, 0.15) is 59.8 Å². The molecule has 16 heavy (non-hydrogen) atoms. The molecule has 0 heterocycles. The highest BCUT2D eigenvalue weighted by Gasteiger charge is 2.26. The van der Waals surface area contributed by atoms with Gasteiger partial charge in [0.15, 0.2) is 0 Å². The third kappa shape index (κ3) is 2.48. The van der Waals surface area contributed by atoms with E-state index in [2.05, 4.69) is 39.8 Å². The minimum atomic E-state index is 0.382. The summed E-state index contributed by atoms with van der Waals surface area (Å²) in [4.78, 5) is 0. The van der Waals surface area contributed by atoms with Crippen molar-refractivity contribution in [2.45, 2.75) is 59.8 Å². The molecule has 0 nitrogen and oxygen atoms in total. The van der Waals surface area contributed by atoms with E-state index in [9.17, 15) is 0 Å². The molecule has 2 rings (SSSR count). The molecule has 0 aromatic heterocycles. The first-order chi connectivity index (χ1) is 7.50. The van der Waals surface area contributed by atoms with Crippen LogP contribution >= 0.6 is 0 Å². The molecule has 0 radical (unpaired) electrons. The average Bonchev–Trinajstić information content (AvgIpc) is 2.98. The molecule has 0 heteroatoms. The van der Waals surface area contributed by atoms with Crippen molar-refractivity contribution in [3.8, 4) is 0 Å². The van der Waals surface area contributed by atoms with Gasteiger partial charge in [0.25, 0.3) is 0 Å². The molecule has 0 amide bonds. The van der Waals surface area contributed by atoms with Gasteiger partial charge in [0.05, 0.1) is 0 Å². The van der Waals surface area contributed by atoms with Crippen molar-refractivity contribution in [3.63, 3.8) is 0 Å². The zero-order chi connectivity index (χ0) is 11.8. The maximum absolute atomic E-state index is 2.38. The molecule has 0 bridgehead atoms. The van der Waals surface area contributed by atoms with Gasteiger partial charge in [-0.1, -0.05) is 42.7 Å². The monoisotopic (exact) mass is 216 g/mol. The van der Waals surface area contributed by atoms with E-state index in [0.717, 1.165) is 0 Å². The van der Waals surface area contributed by atoms with Crippen molar-refractivity contribution in [1.82, 2.24) is 0 Å². The van der Waals surface area contributed by atoms with E-state index in [1.54, 1.807) is 16.7 Å². The van der Waals surface area contributed by atoms with E-state index < -0.39 is 0 Å². The van der Waals surface area contributed by atoms with Gasteiger partial charge in [0.1, 0.15) is 0 Å². The summed E-state index contributed by atoms with van der Waals surface area (Å²) in [5.41, 5.74) is 6.72. The number of allylic oxidation sites excluding steroid dienone is 6. The highest BCUT2D eigenvalue weighted by Crippen LogP contribution is 2.41. The van der Waals surface area contributed by atoms with Crippen LogP contribution in [0.5, 0.6) is 0 Å². The minimum Gasteiger partial charge on any atom is -0.0696 e. The summed E-state index contributed by atoms with van der Waals surface area (Å²) in [7, 11) is 0. The van der Waals surface area contributed by atoms with Crippen LogP contribution in [-0.2, 0) is 0 Å². The van der Waals surface area contributed by atoms with E-state index in [1.165, 1.54) is 37.7 Å². The van der Waals surface area contributed by atoms with Crippen molar-refractivity contribution < 1.29 is 0 Å². The van der Waals surface area contributed by atoms with Gasteiger partial charge in [0.2, 0.25) is 0 Å². The number of hydrogen-bond donors (Lipinski definition) is 0. The normalized spacial score (nSPS) is 24.1. The molecule has 1 saturated carbocycles. The number of rotatable bonds is 2. The van der Waals surface area contributed by atoms with E-state index in [-0.39, 0.29) is 0 Å². The fourth-order valence-corrected chi connectivity index (χ4v) is 2.79. The van der Waals surface area contributed by atoms with Crippen LogP contribution in [0.25, 0.3) is 0 Å². The molecule has 0 spiro atoms. The lowest BCUT2D eigenvalue weighted by molar-refractivity contribution is 0.377. The van der Waals surface area contributed by atoms with E-state index >= 15 is 0 Å². The van der Waals surface area contributed by atoms with Crippen molar-refractivity contribution in [3.05, 3.63) is 34.4 Å². The van der Waals surface area contributed by atoms with E-state index in [4.69, 9.17) is 0 Å². The van der Waals surface area contributed by atoms with Crippen molar-refractivity contribution in [1.29, 1.82) is 0 Å². The van der Waals surface area contributed by atoms with Gasteiger partial charge in [0, 0.05) is 0 Å². The van der Waals surface area contributed by atoms with Crippen molar-refractivity contribution in [2.75, 3.05) is 0 Å². The Morgan fingerprint density at radius 1 is 1.19 bits per heavy atom. The Labute approximate surface area is 100 Å². The zero-order valence-electron chi connectivity index (χ0n) is 11.2. The molecule has 0 atom stereocenters. The van der Waals surface area contributed by atoms with Crippen LogP contribution in [0.15, 0.2) is 34.4 Å². The lowest BCUT2D eigenvalue weighted by Gasteiger charge is -2.32. The zero-order valence-corrected chi connectivity index (χ0v) is 11.2. The fraction of sp³-hybridized carbons (Fsp3) is 0.625. The summed E-state index contributed by atoms with van der Waals surface area (Å²) in [6.45, 7) is 9.33. The first-order valence-corrected chi connectivity index (χ1v) is 6.57. The van der Waals surface area contributed by atoms with Gasteiger partial charge in [-0.05, 0) is 56.9 Å². The summed E-state index contributed by atoms with van der Waals surface area (Å²) < 4.78 is 0. The standard InChI is InChI=1S/C16H24/c1-12(14-8-9-14)7-10-15-13(2)6-5-11-16(15,3)4/h7,10H,5-6,8-9,11H2,1-4H3/b10-7+. The van der Waals surface area contributed by atoms with Gasteiger partial charge < -0.3 is 0 Å². The van der Waals surface area contributed by atoms with Crippen LogP contribution in [0, 0.1) is 5.41 Å². The lowest BCUT2D eigenvalue weighted by Crippen LogP contribution is -2.19. The third-order valence-corrected chi connectivity index (χ3v) is 4.10. The Kier molecular flexibility index (Phi) is 3.10. The average molecular weight is 216 g/mol. The second kappa shape index (κ2) is 4.24. The predicted molar refractivity (Wildman–Crippen MR) is 71.4 cm³/mol. The maximum Gasteiger partial charge on any atom is -0.0104 e. The fourth-order valence-electron chi connectivity index (χ4n) is 2.79. The Bertz CT molecular complexity index is 369. The topological polar surface area (TPSA) is 0 Å². The molecule has 0 saturated heterocycles. The molecule has 0 unspecified atom stereocenters. The molecule has 2 aliphatic rings.